The van der Waals surface area contributed by atoms with Gasteiger partial charge < -0.3 is 14.7 Å². The third kappa shape index (κ3) is 4.39. The van der Waals surface area contributed by atoms with E-state index in [-0.39, 0.29) is 18.2 Å². The van der Waals surface area contributed by atoms with Gasteiger partial charge in [-0.2, -0.15) is 4.98 Å². The first-order valence-electron chi connectivity index (χ1n) is 10.7. The summed E-state index contributed by atoms with van der Waals surface area (Å²) >= 11 is 0. The fourth-order valence-electron chi connectivity index (χ4n) is 3.95. The van der Waals surface area contributed by atoms with Crippen molar-refractivity contribution >= 4 is 23.2 Å². The standard InChI is InChI=1S/C26H22N4O3/c1-17-7-5-12-22(13-17)30-16-20(15-23(30)31)25(32)27-21-11-6-10-19(14-21)26-28-24(29-33-26)18-8-3-2-4-9-18/h2-14,20H,15-16H2,1H3,(H,27,32)/t20-/m1/s1. The van der Waals surface area contributed by atoms with Crippen molar-refractivity contribution in [1.82, 2.24) is 10.1 Å². The van der Waals surface area contributed by atoms with E-state index in [1.165, 1.54) is 0 Å². The van der Waals surface area contributed by atoms with Crippen LogP contribution in [0.25, 0.3) is 22.8 Å². The molecule has 0 spiro atoms. The summed E-state index contributed by atoms with van der Waals surface area (Å²) in [6.07, 6.45) is 0.184. The first-order valence-corrected chi connectivity index (χ1v) is 10.7. The molecule has 4 aromatic rings. The molecule has 7 heteroatoms. The third-order valence-electron chi connectivity index (χ3n) is 5.64. The largest absolute Gasteiger partial charge is 0.334 e. The number of aryl methyl sites for hydroxylation is 1. The van der Waals surface area contributed by atoms with Crippen LogP contribution in [0.2, 0.25) is 0 Å². The highest BCUT2D eigenvalue weighted by atomic mass is 16.5. The van der Waals surface area contributed by atoms with E-state index in [9.17, 15) is 9.59 Å². The smallest absolute Gasteiger partial charge is 0.258 e. The molecule has 33 heavy (non-hydrogen) atoms. The maximum Gasteiger partial charge on any atom is 0.258 e. The van der Waals surface area contributed by atoms with Gasteiger partial charge >= 0.3 is 0 Å². The molecule has 0 radical (unpaired) electrons. The third-order valence-corrected chi connectivity index (χ3v) is 5.64. The summed E-state index contributed by atoms with van der Waals surface area (Å²) in [6, 6.07) is 24.6. The average Bonchev–Trinajstić information content (AvgIpc) is 3.47. The summed E-state index contributed by atoms with van der Waals surface area (Å²) in [5.74, 6) is 0.210. The first kappa shape index (κ1) is 20.6. The first-order chi connectivity index (χ1) is 16.1. The number of amides is 2. The van der Waals surface area contributed by atoms with Crippen molar-refractivity contribution in [2.75, 3.05) is 16.8 Å². The molecule has 1 atom stereocenters. The zero-order valence-corrected chi connectivity index (χ0v) is 18.1. The van der Waals surface area contributed by atoms with E-state index in [0.717, 1.165) is 16.8 Å². The second kappa shape index (κ2) is 8.70. The van der Waals surface area contributed by atoms with Gasteiger partial charge in [0.25, 0.3) is 5.89 Å². The van der Waals surface area contributed by atoms with Crippen LogP contribution in [-0.4, -0.2) is 28.5 Å². The molecule has 1 aliphatic heterocycles. The lowest BCUT2D eigenvalue weighted by Gasteiger charge is -2.17. The summed E-state index contributed by atoms with van der Waals surface area (Å²) in [5, 5.41) is 6.98. The van der Waals surface area contributed by atoms with Crippen molar-refractivity contribution in [2.45, 2.75) is 13.3 Å². The van der Waals surface area contributed by atoms with Crippen LogP contribution >= 0.6 is 0 Å². The minimum absolute atomic E-state index is 0.0474. The van der Waals surface area contributed by atoms with Crippen LogP contribution in [0.1, 0.15) is 12.0 Å². The van der Waals surface area contributed by atoms with Crippen molar-refractivity contribution in [3.05, 3.63) is 84.4 Å². The van der Waals surface area contributed by atoms with Gasteiger partial charge in [-0.3, -0.25) is 9.59 Å². The molecule has 0 aliphatic carbocycles. The molecule has 0 saturated carbocycles. The Balaban J connectivity index is 1.29. The maximum absolute atomic E-state index is 12.9. The fraction of sp³-hybridized carbons (Fsp3) is 0.154. The van der Waals surface area contributed by atoms with Crippen LogP contribution in [-0.2, 0) is 9.59 Å². The van der Waals surface area contributed by atoms with Crippen LogP contribution in [0.3, 0.4) is 0 Å². The minimum atomic E-state index is -0.422. The summed E-state index contributed by atoms with van der Waals surface area (Å²) in [5.41, 5.74) is 4.06. The monoisotopic (exact) mass is 438 g/mol. The lowest BCUT2D eigenvalue weighted by atomic mass is 10.1. The predicted molar refractivity (Wildman–Crippen MR) is 125 cm³/mol. The van der Waals surface area contributed by atoms with Gasteiger partial charge in [0.1, 0.15) is 0 Å². The highest BCUT2D eigenvalue weighted by molar-refractivity contribution is 6.03. The number of carbonyl (C=O) groups is 2. The molecule has 164 valence electrons. The van der Waals surface area contributed by atoms with Crippen molar-refractivity contribution in [1.29, 1.82) is 0 Å². The summed E-state index contributed by atoms with van der Waals surface area (Å²) in [4.78, 5) is 31.6. The van der Waals surface area contributed by atoms with Crippen molar-refractivity contribution in [2.24, 2.45) is 5.92 Å². The van der Waals surface area contributed by atoms with Gasteiger partial charge in [0.05, 0.1) is 5.92 Å². The molecule has 0 unspecified atom stereocenters. The summed E-state index contributed by atoms with van der Waals surface area (Å²) in [7, 11) is 0. The van der Waals surface area contributed by atoms with Crippen LogP contribution in [0.15, 0.2) is 83.4 Å². The number of aromatic nitrogens is 2. The van der Waals surface area contributed by atoms with Crippen LogP contribution in [0.5, 0.6) is 0 Å². The van der Waals surface area contributed by atoms with E-state index < -0.39 is 5.92 Å². The predicted octanol–water partition coefficient (Wildman–Crippen LogP) is 4.70. The normalized spacial score (nSPS) is 15.6. The van der Waals surface area contributed by atoms with Crippen LogP contribution in [0, 0.1) is 12.8 Å². The van der Waals surface area contributed by atoms with Gasteiger partial charge in [-0.05, 0) is 42.8 Å². The molecule has 0 bridgehead atoms. The number of nitrogens with one attached hydrogen (secondary N) is 1. The number of hydrogen-bond acceptors (Lipinski definition) is 5. The average molecular weight is 438 g/mol. The SMILES string of the molecule is Cc1cccc(N2C[C@H](C(=O)Nc3cccc(-c4nc(-c5ccccc5)no4)c3)CC2=O)c1. The second-order valence-electron chi connectivity index (χ2n) is 8.10. The zero-order valence-electron chi connectivity index (χ0n) is 18.1. The highest BCUT2D eigenvalue weighted by Gasteiger charge is 2.35. The van der Waals surface area contributed by atoms with E-state index in [4.69, 9.17) is 4.52 Å². The van der Waals surface area contributed by atoms with E-state index in [1.807, 2.05) is 73.7 Å². The molecule has 2 amide bonds. The Morgan fingerprint density at radius 1 is 1.00 bits per heavy atom. The molecule has 1 saturated heterocycles. The molecule has 1 fully saturated rings. The number of benzene rings is 3. The molecule has 1 aromatic heterocycles. The molecule has 1 N–H and O–H groups in total. The number of anilines is 2. The van der Waals surface area contributed by atoms with E-state index in [1.54, 1.807) is 17.0 Å². The van der Waals surface area contributed by atoms with Crippen LogP contribution in [0.4, 0.5) is 11.4 Å². The lowest BCUT2D eigenvalue weighted by Crippen LogP contribution is -2.28. The number of rotatable bonds is 5. The minimum Gasteiger partial charge on any atom is -0.334 e. The van der Waals surface area contributed by atoms with Crippen LogP contribution < -0.4 is 10.2 Å². The quantitative estimate of drug-likeness (QED) is 0.488. The molecular formula is C26H22N4O3. The maximum atomic E-state index is 12.9. The van der Waals surface area contributed by atoms with Crippen molar-refractivity contribution in [3.8, 4) is 22.8 Å². The Kier molecular flexibility index (Phi) is 5.44. The number of hydrogen-bond donors (Lipinski definition) is 1. The van der Waals surface area contributed by atoms with Gasteiger partial charge in [0, 0.05) is 35.5 Å². The number of carbonyl (C=O) groups excluding carboxylic acids is 2. The Hall–Kier alpha value is -4.26. The van der Waals surface area contributed by atoms with Crippen molar-refractivity contribution in [3.63, 3.8) is 0 Å². The molecule has 3 aromatic carbocycles. The summed E-state index contributed by atoms with van der Waals surface area (Å²) < 4.78 is 5.43. The Morgan fingerprint density at radius 2 is 1.79 bits per heavy atom. The van der Waals surface area contributed by atoms with E-state index in [2.05, 4.69) is 15.5 Å². The second-order valence-corrected chi connectivity index (χ2v) is 8.10. The van der Waals surface area contributed by atoms with Gasteiger partial charge in [-0.25, -0.2) is 0 Å². The zero-order chi connectivity index (χ0) is 22.8. The molecule has 2 heterocycles. The topological polar surface area (TPSA) is 88.3 Å². The molecular weight excluding hydrogens is 416 g/mol. The van der Waals surface area contributed by atoms with E-state index in [0.29, 0.717) is 29.5 Å². The van der Waals surface area contributed by atoms with E-state index >= 15 is 0 Å². The number of nitrogens with zero attached hydrogens (tertiary/aromatic N) is 3. The Bertz CT molecular complexity index is 1320. The summed E-state index contributed by atoms with van der Waals surface area (Å²) in [6.45, 7) is 2.34. The fourth-order valence-corrected chi connectivity index (χ4v) is 3.95. The molecule has 1 aliphatic rings. The Labute approximate surface area is 191 Å². The van der Waals surface area contributed by atoms with Crippen molar-refractivity contribution < 1.29 is 14.1 Å². The van der Waals surface area contributed by atoms with Gasteiger partial charge in [0.15, 0.2) is 0 Å². The highest BCUT2D eigenvalue weighted by Crippen LogP contribution is 2.28. The van der Waals surface area contributed by atoms with Gasteiger partial charge in [0.2, 0.25) is 17.6 Å². The van der Waals surface area contributed by atoms with Gasteiger partial charge in [-0.15, -0.1) is 0 Å². The molecule has 5 rings (SSSR count). The Morgan fingerprint density at radius 3 is 2.61 bits per heavy atom. The van der Waals surface area contributed by atoms with Gasteiger partial charge in [-0.1, -0.05) is 53.7 Å². The molecule has 7 nitrogen and oxygen atoms in total. The lowest BCUT2D eigenvalue weighted by molar-refractivity contribution is -0.122.